The minimum Gasteiger partial charge on any atom is -0.457 e. The number of anilines is 2. The van der Waals surface area contributed by atoms with Crippen LogP contribution in [0.1, 0.15) is 80.6 Å². The maximum Gasteiger partial charge on any atom is 0.303 e. The lowest BCUT2D eigenvalue weighted by Gasteiger charge is -2.25. The van der Waals surface area contributed by atoms with Gasteiger partial charge in [-0.15, -0.1) is 12.8 Å². The van der Waals surface area contributed by atoms with E-state index in [1.807, 2.05) is 39.8 Å². The second kappa shape index (κ2) is 17.3. The van der Waals surface area contributed by atoms with Crippen LogP contribution in [0.25, 0.3) is 22.3 Å². The standard InChI is InChI=1S/C23H23N5O4.C21H21N5O3/c1-5-23(6-2)14(3)18(31-15(4)29)22(32-23)28-13-26-17-19(24-12-25-20(17)28)27-21(30)16-10-8-7-9-11-16;1-4-21(5-2)13(3)16(27)20(29-21)26-12-24-15-17(22-11-23-18(15)26)25-19(28)14-9-7-6-8-10-14/h1,7-14,18,22H,6H2,2-4H3,(H,24,25,27,30);1,6-13,16,20,27H,5H2,2-3H3,(H,22,23,25,28)/t14?,18-,22+,23+;13?,16-,20+,21+/m00/s1. The van der Waals surface area contributed by atoms with E-state index in [2.05, 4.69) is 52.4 Å². The molecule has 2 saturated heterocycles. The minimum atomic E-state index is -0.904. The van der Waals surface area contributed by atoms with Crippen molar-refractivity contribution in [3.63, 3.8) is 0 Å². The van der Waals surface area contributed by atoms with Crippen molar-refractivity contribution in [2.45, 2.75) is 83.3 Å². The maximum absolute atomic E-state index is 12.6. The van der Waals surface area contributed by atoms with Crippen molar-refractivity contribution >= 4 is 51.7 Å². The zero-order chi connectivity index (χ0) is 43.5. The number of hydrogen-bond donors (Lipinski definition) is 3. The fourth-order valence-corrected chi connectivity index (χ4v) is 7.75. The van der Waals surface area contributed by atoms with Crippen molar-refractivity contribution in [2.24, 2.45) is 11.8 Å². The van der Waals surface area contributed by atoms with Gasteiger partial charge in [-0.1, -0.05) is 75.9 Å². The Morgan fingerprint density at radius 2 is 1.16 bits per heavy atom. The summed E-state index contributed by atoms with van der Waals surface area (Å²) >= 11 is 0. The van der Waals surface area contributed by atoms with Gasteiger partial charge < -0.3 is 30.0 Å². The van der Waals surface area contributed by atoms with Crippen LogP contribution in [0.15, 0.2) is 86.0 Å². The number of aliphatic hydroxyl groups is 1. The molecule has 61 heavy (non-hydrogen) atoms. The number of fused-ring (bicyclic) bond motifs is 2. The van der Waals surface area contributed by atoms with Gasteiger partial charge in [-0.3, -0.25) is 23.5 Å². The van der Waals surface area contributed by atoms with Gasteiger partial charge in [-0.05, 0) is 37.1 Å². The molecule has 17 nitrogen and oxygen atoms in total. The van der Waals surface area contributed by atoms with Gasteiger partial charge in [0.25, 0.3) is 11.8 Å². The summed E-state index contributed by atoms with van der Waals surface area (Å²) in [6.45, 7) is 8.97. The van der Waals surface area contributed by atoms with Gasteiger partial charge in [0.05, 0.1) is 12.7 Å². The summed E-state index contributed by atoms with van der Waals surface area (Å²) < 4.78 is 21.3. The monoisotopic (exact) mass is 824 g/mol. The lowest BCUT2D eigenvalue weighted by Crippen LogP contribution is -2.35. The summed E-state index contributed by atoms with van der Waals surface area (Å²) in [7, 11) is 0. The number of aromatic nitrogens is 8. The summed E-state index contributed by atoms with van der Waals surface area (Å²) in [5, 5.41) is 16.3. The van der Waals surface area contributed by atoms with Crippen LogP contribution in [0.5, 0.6) is 0 Å². The first-order valence-corrected chi connectivity index (χ1v) is 19.6. The van der Waals surface area contributed by atoms with Crippen LogP contribution in [0.2, 0.25) is 0 Å². The van der Waals surface area contributed by atoms with E-state index in [9.17, 15) is 19.5 Å². The molecule has 8 rings (SSSR count). The number of carbonyl (C=O) groups excluding carboxylic acids is 3. The Bertz CT molecular complexity index is 2660. The Morgan fingerprint density at radius 1 is 0.721 bits per heavy atom. The van der Waals surface area contributed by atoms with E-state index in [1.165, 1.54) is 32.2 Å². The molecular weight excluding hydrogens is 781 g/mol. The number of benzene rings is 2. The van der Waals surface area contributed by atoms with E-state index in [1.54, 1.807) is 57.7 Å². The highest BCUT2D eigenvalue weighted by molar-refractivity contribution is 6.07. The van der Waals surface area contributed by atoms with Crippen LogP contribution in [0, 0.1) is 36.5 Å². The molecule has 312 valence electrons. The van der Waals surface area contributed by atoms with E-state index >= 15 is 0 Å². The molecule has 2 amide bonds. The van der Waals surface area contributed by atoms with Crippen LogP contribution in [-0.2, 0) is 19.0 Å². The molecule has 0 bridgehead atoms. The SMILES string of the molecule is C#C[C@]1(CC)O[C@@H](n2cnc3c(NC(=O)c4ccccc4)ncnc32)[C@@H](O)C1C.C#C[C@]1(CC)O[C@@H](n2cnc3c(NC(=O)c4ccccc4)ncnc32)[C@@H](OC(C)=O)C1C. The molecule has 0 aliphatic carbocycles. The average molecular weight is 825 g/mol. The zero-order valence-electron chi connectivity index (χ0n) is 34.1. The van der Waals surface area contributed by atoms with Crippen molar-refractivity contribution in [3.05, 3.63) is 97.1 Å². The van der Waals surface area contributed by atoms with E-state index in [0.717, 1.165) is 0 Å². The number of amides is 2. The zero-order valence-corrected chi connectivity index (χ0v) is 34.1. The molecule has 2 fully saturated rings. The Balaban J connectivity index is 0.000000185. The van der Waals surface area contributed by atoms with E-state index in [-0.39, 0.29) is 35.3 Å². The summed E-state index contributed by atoms with van der Waals surface area (Å²) in [6, 6.07) is 17.6. The lowest BCUT2D eigenvalue weighted by atomic mass is 9.85. The first kappa shape index (κ1) is 42.1. The molecule has 8 atom stereocenters. The number of hydrogen-bond acceptors (Lipinski definition) is 13. The number of carbonyl (C=O) groups is 3. The number of aliphatic hydroxyl groups excluding tert-OH is 1. The van der Waals surface area contributed by atoms with Gasteiger partial charge in [0.15, 0.2) is 52.5 Å². The van der Waals surface area contributed by atoms with Gasteiger partial charge >= 0.3 is 5.97 Å². The first-order chi connectivity index (χ1) is 29.4. The number of terminal acetylenes is 2. The van der Waals surface area contributed by atoms with Crippen LogP contribution in [0.3, 0.4) is 0 Å². The summed E-state index contributed by atoms with van der Waals surface area (Å²) in [6.07, 6.45) is 15.4. The van der Waals surface area contributed by atoms with Gasteiger partial charge in [0.1, 0.15) is 30.0 Å². The van der Waals surface area contributed by atoms with Crippen molar-refractivity contribution in [1.29, 1.82) is 0 Å². The Morgan fingerprint density at radius 3 is 1.59 bits per heavy atom. The molecule has 2 unspecified atom stereocenters. The number of nitrogens with zero attached hydrogens (tertiary/aromatic N) is 8. The van der Waals surface area contributed by atoms with Gasteiger partial charge in [0, 0.05) is 29.9 Å². The van der Waals surface area contributed by atoms with E-state index in [0.29, 0.717) is 46.3 Å². The van der Waals surface area contributed by atoms with Gasteiger partial charge in [-0.25, -0.2) is 29.9 Å². The topological polar surface area (TPSA) is 210 Å². The third kappa shape index (κ3) is 7.78. The van der Waals surface area contributed by atoms with Crippen LogP contribution in [0.4, 0.5) is 11.6 Å². The number of ether oxygens (including phenoxy) is 3. The van der Waals surface area contributed by atoms with E-state index in [4.69, 9.17) is 27.1 Å². The normalized spacial score (nSPS) is 25.5. The lowest BCUT2D eigenvalue weighted by molar-refractivity contribution is -0.153. The molecule has 6 aromatic rings. The van der Waals surface area contributed by atoms with Crippen LogP contribution >= 0.6 is 0 Å². The predicted octanol–water partition coefficient (Wildman–Crippen LogP) is 5.34. The molecule has 17 heteroatoms. The second-order valence-corrected chi connectivity index (χ2v) is 14.7. The van der Waals surface area contributed by atoms with Crippen molar-refractivity contribution < 1.29 is 33.7 Å². The summed E-state index contributed by atoms with van der Waals surface area (Å²) in [4.78, 5) is 62.6. The largest absolute Gasteiger partial charge is 0.457 e. The van der Waals surface area contributed by atoms with E-state index < -0.39 is 41.8 Å². The molecule has 2 aromatic carbocycles. The number of nitrogens with one attached hydrogen (secondary N) is 2. The molecule has 0 saturated carbocycles. The summed E-state index contributed by atoms with van der Waals surface area (Å²) in [5.74, 6) is 4.39. The maximum atomic E-state index is 12.6. The Labute approximate surface area is 351 Å². The second-order valence-electron chi connectivity index (χ2n) is 14.7. The average Bonchev–Trinajstić information content (AvgIpc) is 4.04. The minimum absolute atomic E-state index is 0.261. The number of rotatable bonds is 9. The fourth-order valence-electron chi connectivity index (χ4n) is 7.75. The molecule has 2 aliphatic rings. The molecule has 4 aromatic heterocycles. The predicted molar refractivity (Wildman–Crippen MR) is 223 cm³/mol. The molecular formula is C44H44N10O7. The highest BCUT2D eigenvalue weighted by atomic mass is 16.6. The molecule has 6 heterocycles. The molecule has 0 radical (unpaired) electrons. The first-order valence-electron chi connectivity index (χ1n) is 19.6. The number of imidazole rings is 2. The number of esters is 1. The van der Waals surface area contributed by atoms with Gasteiger partial charge in [0.2, 0.25) is 0 Å². The summed E-state index contributed by atoms with van der Waals surface area (Å²) in [5.41, 5.74) is 0.855. The van der Waals surface area contributed by atoms with Crippen molar-refractivity contribution in [1.82, 2.24) is 39.0 Å². The highest BCUT2D eigenvalue weighted by Gasteiger charge is 2.54. The fraction of sp³-hybridized carbons (Fsp3) is 0.341. The molecule has 0 spiro atoms. The van der Waals surface area contributed by atoms with Gasteiger partial charge in [-0.2, -0.15) is 0 Å². The van der Waals surface area contributed by atoms with Crippen molar-refractivity contribution in [2.75, 3.05) is 10.6 Å². The van der Waals surface area contributed by atoms with Crippen LogP contribution < -0.4 is 10.6 Å². The Hall–Kier alpha value is -7.05. The smallest absolute Gasteiger partial charge is 0.303 e. The van der Waals surface area contributed by atoms with Crippen molar-refractivity contribution in [3.8, 4) is 24.7 Å². The quantitative estimate of drug-likeness (QED) is 0.124. The highest BCUT2D eigenvalue weighted by Crippen LogP contribution is 2.46. The Kier molecular flexibility index (Phi) is 11.9. The molecule has 2 aliphatic heterocycles. The third-order valence-electron chi connectivity index (χ3n) is 11.4. The van der Waals surface area contributed by atoms with Crippen LogP contribution in [-0.4, -0.2) is 85.3 Å². The molecule has 3 N–H and O–H groups in total. The third-order valence-corrected chi connectivity index (χ3v) is 11.4.